The molecular weight excluding hydrogens is 713 g/mol. The molecule has 0 radical (unpaired) electrons. The molecule has 4 amide bonds. The van der Waals surface area contributed by atoms with Crippen LogP contribution in [0.1, 0.15) is 130 Å². The van der Waals surface area contributed by atoms with Crippen molar-refractivity contribution in [2.24, 2.45) is 5.92 Å². The number of amides is 4. The number of imide groups is 2. The van der Waals surface area contributed by atoms with Crippen LogP contribution in [0, 0.1) is 5.92 Å². The normalized spacial score (nSPS) is 22.4. The monoisotopic (exact) mass is 764 g/mol. The predicted octanol–water partition coefficient (Wildman–Crippen LogP) is 7.84. The summed E-state index contributed by atoms with van der Waals surface area (Å²) in [6.07, 6.45) is 10.9. The van der Waals surface area contributed by atoms with Crippen LogP contribution in [0.4, 0.5) is 5.69 Å². The molecule has 3 unspecified atom stereocenters. The minimum atomic E-state index is -0.934. The van der Waals surface area contributed by atoms with E-state index in [1.165, 1.54) is 66.5 Å². The molecule has 5 aliphatic rings. The van der Waals surface area contributed by atoms with Gasteiger partial charge in [0.05, 0.1) is 11.1 Å². The van der Waals surface area contributed by atoms with E-state index in [-0.39, 0.29) is 24.7 Å². The van der Waals surface area contributed by atoms with Crippen LogP contribution in [-0.2, 0) is 29.1 Å². The van der Waals surface area contributed by atoms with Gasteiger partial charge in [0.2, 0.25) is 11.8 Å². The minimum absolute atomic E-state index is 0.119. The molecule has 4 aromatic carbocycles. The first-order valence-corrected chi connectivity index (χ1v) is 21.1. The Hall–Kier alpha value is -5.28. The molecule has 294 valence electrons. The molecular formula is C48H52N4O5. The van der Waals surface area contributed by atoms with Crippen LogP contribution < -0.4 is 10.2 Å². The van der Waals surface area contributed by atoms with E-state index in [4.69, 9.17) is 0 Å². The van der Waals surface area contributed by atoms with E-state index in [0.29, 0.717) is 22.8 Å². The number of benzene rings is 4. The zero-order chi connectivity index (χ0) is 39.0. The molecule has 0 saturated carbocycles. The van der Waals surface area contributed by atoms with Crippen molar-refractivity contribution < 1.29 is 24.3 Å². The van der Waals surface area contributed by atoms with Crippen LogP contribution in [0.2, 0.25) is 0 Å². The number of aromatic hydroxyl groups is 1. The highest BCUT2D eigenvalue weighted by Gasteiger charge is 2.45. The zero-order valence-electron chi connectivity index (χ0n) is 32.6. The SMILES string of the molecule is O=C1CCC(N2C(=O)c3cc4c(cc3C2=O)CN(CCCCCCC2CCN(c3ccc(C5c6ccc(O)cc6CCC5c5ccccc5)cc3)CC2)C4)C(=O)N1. The van der Waals surface area contributed by atoms with Gasteiger partial charge in [0.1, 0.15) is 11.8 Å². The Morgan fingerprint density at radius 1 is 0.667 bits per heavy atom. The van der Waals surface area contributed by atoms with E-state index in [1.807, 2.05) is 24.3 Å². The van der Waals surface area contributed by atoms with Crippen molar-refractivity contribution in [1.82, 2.24) is 15.1 Å². The van der Waals surface area contributed by atoms with Crippen LogP contribution >= 0.6 is 0 Å². The first kappa shape index (κ1) is 37.3. The fourth-order valence-corrected chi connectivity index (χ4v) is 10.4. The third-order valence-corrected chi connectivity index (χ3v) is 13.4. The van der Waals surface area contributed by atoms with Gasteiger partial charge in [-0.05, 0) is 127 Å². The maximum atomic E-state index is 13.2. The second-order valence-corrected chi connectivity index (χ2v) is 17.0. The Labute approximate surface area is 335 Å². The molecule has 0 aromatic heterocycles. The number of unbranched alkanes of at least 4 members (excludes halogenated alkanes) is 3. The van der Waals surface area contributed by atoms with Crippen LogP contribution in [-0.4, -0.2) is 64.2 Å². The molecule has 4 aliphatic heterocycles. The molecule has 9 nitrogen and oxygen atoms in total. The Balaban J connectivity index is 0.711. The van der Waals surface area contributed by atoms with Gasteiger partial charge in [-0.3, -0.25) is 34.3 Å². The van der Waals surface area contributed by atoms with Crippen molar-refractivity contribution in [3.63, 3.8) is 0 Å². The molecule has 0 spiro atoms. The summed E-state index contributed by atoms with van der Waals surface area (Å²) in [4.78, 5) is 56.5. The van der Waals surface area contributed by atoms with Gasteiger partial charge < -0.3 is 10.0 Å². The van der Waals surface area contributed by atoms with E-state index in [9.17, 15) is 24.3 Å². The maximum Gasteiger partial charge on any atom is 0.262 e. The predicted molar refractivity (Wildman–Crippen MR) is 219 cm³/mol. The lowest BCUT2D eigenvalue weighted by molar-refractivity contribution is -0.136. The molecule has 2 fully saturated rings. The highest BCUT2D eigenvalue weighted by Crippen LogP contribution is 2.47. The molecule has 4 aromatic rings. The second-order valence-electron chi connectivity index (χ2n) is 17.0. The van der Waals surface area contributed by atoms with Crippen LogP contribution in [0.5, 0.6) is 5.75 Å². The minimum Gasteiger partial charge on any atom is -0.508 e. The van der Waals surface area contributed by atoms with Gasteiger partial charge in [-0.1, -0.05) is 74.2 Å². The molecule has 4 heterocycles. The number of phenolic OH excluding ortho intramolecular Hbond substituents is 1. The van der Waals surface area contributed by atoms with Crippen LogP contribution in [0.3, 0.4) is 0 Å². The van der Waals surface area contributed by atoms with Gasteiger partial charge in [0.25, 0.3) is 11.8 Å². The van der Waals surface area contributed by atoms with Crippen molar-refractivity contribution in [3.8, 4) is 5.75 Å². The van der Waals surface area contributed by atoms with Crippen molar-refractivity contribution in [2.45, 2.75) is 102 Å². The summed E-state index contributed by atoms with van der Waals surface area (Å²) < 4.78 is 0. The van der Waals surface area contributed by atoms with Gasteiger partial charge in [0, 0.05) is 44.2 Å². The van der Waals surface area contributed by atoms with E-state index >= 15 is 0 Å². The van der Waals surface area contributed by atoms with Crippen LogP contribution in [0.15, 0.2) is 84.9 Å². The second kappa shape index (κ2) is 15.9. The number of aryl methyl sites for hydroxylation is 1. The Bertz CT molecular complexity index is 2130. The molecule has 2 saturated heterocycles. The fourth-order valence-electron chi connectivity index (χ4n) is 10.4. The Kier molecular flexibility index (Phi) is 10.4. The summed E-state index contributed by atoms with van der Waals surface area (Å²) in [5, 5.41) is 12.5. The Morgan fingerprint density at radius 3 is 2.07 bits per heavy atom. The summed E-state index contributed by atoms with van der Waals surface area (Å²) in [6, 6.07) is 29.0. The largest absolute Gasteiger partial charge is 0.508 e. The van der Waals surface area contributed by atoms with Crippen molar-refractivity contribution >= 4 is 29.3 Å². The molecule has 9 heteroatoms. The number of anilines is 1. The molecule has 3 atom stereocenters. The third-order valence-electron chi connectivity index (χ3n) is 13.4. The first-order chi connectivity index (χ1) is 27.8. The smallest absolute Gasteiger partial charge is 0.262 e. The fraction of sp³-hybridized carbons (Fsp3) is 0.417. The van der Waals surface area contributed by atoms with Gasteiger partial charge in [-0.25, -0.2) is 0 Å². The number of hydrogen-bond donors (Lipinski definition) is 2. The molecule has 2 N–H and O–H groups in total. The van der Waals surface area contributed by atoms with E-state index in [1.54, 1.807) is 0 Å². The van der Waals surface area contributed by atoms with Gasteiger partial charge >= 0.3 is 0 Å². The van der Waals surface area contributed by atoms with Gasteiger partial charge in [-0.15, -0.1) is 0 Å². The highest BCUT2D eigenvalue weighted by atomic mass is 16.3. The van der Waals surface area contributed by atoms with Crippen molar-refractivity contribution in [3.05, 3.63) is 129 Å². The van der Waals surface area contributed by atoms with Gasteiger partial charge in [0.15, 0.2) is 0 Å². The zero-order valence-corrected chi connectivity index (χ0v) is 32.6. The lowest BCUT2D eigenvalue weighted by atomic mass is 9.69. The van der Waals surface area contributed by atoms with Gasteiger partial charge in [-0.2, -0.15) is 0 Å². The lowest BCUT2D eigenvalue weighted by Gasteiger charge is -2.36. The summed E-state index contributed by atoms with van der Waals surface area (Å²) in [5.74, 6) is -0.00727. The quantitative estimate of drug-likeness (QED) is 0.118. The molecule has 0 bridgehead atoms. The topological polar surface area (TPSA) is 110 Å². The highest BCUT2D eigenvalue weighted by molar-refractivity contribution is 6.23. The molecule has 9 rings (SSSR count). The van der Waals surface area contributed by atoms with Crippen LogP contribution in [0.25, 0.3) is 0 Å². The summed E-state index contributed by atoms with van der Waals surface area (Å²) in [5.41, 5.74) is 9.55. The average Bonchev–Trinajstić information content (AvgIpc) is 3.74. The number of rotatable bonds is 11. The summed E-state index contributed by atoms with van der Waals surface area (Å²) in [7, 11) is 0. The first-order valence-electron chi connectivity index (χ1n) is 21.1. The maximum absolute atomic E-state index is 13.2. The third kappa shape index (κ3) is 7.50. The summed E-state index contributed by atoms with van der Waals surface area (Å²) >= 11 is 0. The Morgan fingerprint density at radius 2 is 1.37 bits per heavy atom. The number of carbonyl (C=O) groups is 4. The standard InChI is InChI=1S/C48H52N4O5/c53-38-16-18-40-34(26-38)13-17-39(32-9-5-3-6-10-32)45(40)33-11-14-37(15-12-33)51-24-21-31(22-25-51)8-4-1-2-7-23-50-29-35-27-41-42(28-36(35)30-50)48(57)52(47(41)56)43-19-20-44(54)49-46(43)55/h3,5-6,9-12,14-16,18,26-28,31,39,43,45,53H,1-2,4,7-8,13,17,19-25,29-30H2,(H,49,54,55). The van der Waals surface area contributed by atoms with E-state index < -0.39 is 23.8 Å². The van der Waals surface area contributed by atoms with Crippen molar-refractivity contribution in [2.75, 3.05) is 24.5 Å². The molecule has 57 heavy (non-hydrogen) atoms. The summed E-state index contributed by atoms with van der Waals surface area (Å²) in [6.45, 7) is 4.72. The molecule has 1 aliphatic carbocycles. The number of fused-ring (bicyclic) bond motifs is 3. The lowest BCUT2D eigenvalue weighted by Crippen LogP contribution is -2.54. The number of hydrogen-bond acceptors (Lipinski definition) is 7. The van der Waals surface area contributed by atoms with Crippen molar-refractivity contribution in [1.29, 1.82) is 0 Å². The number of nitrogens with zero attached hydrogens (tertiary/aromatic N) is 3. The average molecular weight is 765 g/mol. The van der Waals surface area contributed by atoms with E-state index in [2.05, 4.69) is 75.8 Å². The van der Waals surface area contributed by atoms with E-state index in [0.717, 1.165) is 73.9 Å². The number of carbonyl (C=O) groups excluding carboxylic acids is 4. The number of phenols is 1. The number of nitrogens with one attached hydrogen (secondary N) is 1. The number of piperidine rings is 2.